The van der Waals surface area contributed by atoms with Gasteiger partial charge >= 0.3 is 0 Å². The molecule has 1 rings (SSSR count). The Morgan fingerprint density at radius 3 is 2.93 bits per heavy atom. The monoisotopic (exact) mass is 307 g/mol. The Balaban J connectivity index is 2.60. The van der Waals surface area contributed by atoms with Crippen LogP contribution in [0.3, 0.4) is 0 Å². The molecule has 0 aromatic carbocycles. The number of nitrogens with zero attached hydrogens (tertiary/aromatic N) is 2. The lowest BCUT2D eigenvalue weighted by atomic mass is 10.3. The average molecular weight is 307 g/mol. The zero-order valence-electron chi connectivity index (χ0n) is 8.38. The molecule has 4 nitrogen and oxygen atoms in total. The largest absolute Gasteiger partial charge is 0.351 e. The van der Waals surface area contributed by atoms with Gasteiger partial charge in [0.2, 0.25) is 0 Å². The first-order chi connectivity index (χ1) is 6.66. The average Bonchev–Trinajstić information content (AvgIpc) is 2.46. The normalized spacial score (nSPS) is 10.2. The third kappa shape index (κ3) is 2.70. The van der Waals surface area contributed by atoms with Gasteiger partial charge in [0.1, 0.15) is 5.69 Å². The number of amides is 1. The summed E-state index contributed by atoms with van der Waals surface area (Å²) in [6, 6.07) is 0. The lowest BCUT2D eigenvalue weighted by Crippen LogP contribution is -2.27. The third-order valence-electron chi connectivity index (χ3n) is 1.93. The van der Waals surface area contributed by atoms with Crippen LogP contribution < -0.4 is 5.32 Å². The molecule has 0 aliphatic rings. The molecule has 0 aliphatic heterocycles. The second kappa shape index (κ2) is 5.33. The Hall–Kier alpha value is -0.590. The molecule has 0 aliphatic carbocycles. The second-order valence-corrected chi connectivity index (χ2v) is 4.24. The molecule has 5 heteroatoms. The first kappa shape index (κ1) is 11.5. The van der Waals surface area contributed by atoms with Crippen LogP contribution in [0.2, 0.25) is 0 Å². The van der Waals surface area contributed by atoms with Crippen molar-refractivity contribution in [3.05, 3.63) is 15.5 Å². The van der Waals surface area contributed by atoms with E-state index >= 15 is 0 Å². The van der Waals surface area contributed by atoms with Gasteiger partial charge in [0.15, 0.2) is 0 Å². The molecule has 0 atom stereocenters. The zero-order valence-corrected chi connectivity index (χ0v) is 10.5. The minimum atomic E-state index is -0.0390. The van der Waals surface area contributed by atoms with E-state index < -0.39 is 0 Å². The second-order valence-electron chi connectivity index (χ2n) is 3.07. The van der Waals surface area contributed by atoms with Crippen molar-refractivity contribution in [2.75, 3.05) is 6.54 Å². The topological polar surface area (TPSA) is 46.9 Å². The summed E-state index contributed by atoms with van der Waals surface area (Å²) in [5.74, 6) is -0.0390. The van der Waals surface area contributed by atoms with Crippen LogP contribution in [0, 0.1) is 3.57 Å². The van der Waals surface area contributed by atoms with E-state index in [1.807, 2.05) is 0 Å². The van der Waals surface area contributed by atoms with Gasteiger partial charge < -0.3 is 5.32 Å². The van der Waals surface area contributed by atoms with E-state index in [0.29, 0.717) is 5.69 Å². The molecule has 0 saturated heterocycles. The maximum Gasteiger partial charge on any atom is 0.270 e. The zero-order chi connectivity index (χ0) is 10.6. The molecule has 1 aromatic rings. The molecule has 14 heavy (non-hydrogen) atoms. The van der Waals surface area contributed by atoms with E-state index in [2.05, 4.69) is 39.9 Å². The van der Waals surface area contributed by atoms with Gasteiger partial charge in [-0.3, -0.25) is 9.48 Å². The number of nitrogens with one attached hydrogen (secondary N) is 1. The van der Waals surface area contributed by atoms with Crippen LogP contribution in [0.15, 0.2) is 6.20 Å². The van der Waals surface area contributed by atoms with E-state index in [9.17, 15) is 4.79 Å². The van der Waals surface area contributed by atoms with Crippen LogP contribution in [-0.2, 0) is 7.05 Å². The van der Waals surface area contributed by atoms with E-state index in [1.165, 1.54) is 0 Å². The minimum Gasteiger partial charge on any atom is -0.351 e. The van der Waals surface area contributed by atoms with Gasteiger partial charge in [-0.25, -0.2) is 0 Å². The molecule has 1 N–H and O–H groups in total. The van der Waals surface area contributed by atoms with Gasteiger partial charge in [-0.1, -0.05) is 13.3 Å². The van der Waals surface area contributed by atoms with E-state index in [4.69, 9.17) is 0 Å². The Morgan fingerprint density at radius 2 is 2.43 bits per heavy atom. The molecular weight excluding hydrogens is 293 g/mol. The summed E-state index contributed by atoms with van der Waals surface area (Å²) < 4.78 is 2.49. The summed E-state index contributed by atoms with van der Waals surface area (Å²) in [4.78, 5) is 11.6. The first-order valence-corrected chi connectivity index (χ1v) is 5.70. The molecule has 0 spiro atoms. The van der Waals surface area contributed by atoms with E-state index in [0.717, 1.165) is 23.0 Å². The van der Waals surface area contributed by atoms with E-state index in [1.54, 1.807) is 17.9 Å². The fraction of sp³-hybridized carbons (Fsp3) is 0.556. The summed E-state index contributed by atoms with van der Waals surface area (Å²) in [6.07, 6.45) is 3.79. The predicted molar refractivity (Wildman–Crippen MR) is 63.2 cm³/mol. The Labute approximate surface area is 97.2 Å². The van der Waals surface area contributed by atoms with Crippen molar-refractivity contribution in [1.29, 1.82) is 0 Å². The summed E-state index contributed by atoms with van der Waals surface area (Å²) in [5.41, 5.74) is 0.640. The van der Waals surface area contributed by atoms with Gasteiger partial charge in [-0.2, -0.15) is 5.10 Å². The van der Waals surface area contributed by atoms with Crippen molar-refractivity contribution < 1.29 is 4.79 Å². The Morgan fingerprint density at radius 1 is 1.71 bits per heavy atom. The maximum atomic E-state index is 11.6. The molecule has 1 aromatic heterocycles. The van der Waals surface area contributed by atoms with Gasteiger partial charge in [0.25, 0.3) is 5.91 Å². The molecular formula is C9H14IN3O. The molecule has 0 fully saturated rings. The maximum absolute atomic E-state index is 11.6. The number of aromatic nitrogens is 2. The lowest BCUT2D eigenvalue weighted by Gasteiger charge is -2.04. The smallest absolute Gasteiger partial charge is 0.270 e. The fourth-order valence-corrected chi connectivity index (χ4v) is 1.85. The number of hydrogen-bond acceptors (Lipinski definition) is 2. The van der Waals surface area contributed by atoms with Crippen LogP contribution >= 0.6 is 22.6 Å². The Bertz CT molecular complexity index is 302. The molecule has 0 saturated carbocycles. The van der Waals surface area contributed by atoms with Crippen molar-refractivity contribution in [2.45, 2.75) is 19.8 Å². The summed E-state index contributed by atoms with van der Waals surface area (Å²) in [6.45, 7) is 2.83. The highest BCUT2D eigenvalue weighted by Crippen LogP contribution is 2.09. The number of hydrogen-bond donors (Lipinski definition) is 1. The van der Waals surface area contributed by atoms with Crippen LogP contribution in [0.4, 0.5) is 0 Å². The predicted octanol–water partition coefficient (Wildman–Crippen LogP) is 1.55. The van der Waals surface area contributed by atoms with E-state index in [-0.39, 0.29) is 5.91 Å². The highest BCUT2D eigenvalue weighted by molar-refractivity contribution is 14.1. The van der Waals surface area contributed by atoms with Gasteiger partial charge in [0.05, 0.1) is 9.77 Å². The van der Waals surface area contributed by atoms with Gasteiger partial charge in [0, 0.05) is 13.6 Å². The standard InChI is InChI=1S/C9H14IN3O/c1-3-4-5-11-9(14)8-7(10)6-12-13(8)2/h6H,3-5H2,1-2H3,(H,11,14). The van der Waals surface area contributed by atoms with Crippen LogP contribution in [0.1, 0.15) is 30.3 Å². The Kier molecular flexibility index (Phi) is 4.37. The number of aryl methyl sites for hydroxylation is 1. The molecule has 0 radical (unpaired) electrons. The highest BCUT2D eigenvalue weighted by Gasteiger charge is 2.13. The SMILES string of the molecule is CCCCNC(=O)c1c(I)cnn1C. The van der Waals surface area contributed by atoms with Crippen molar-refractivity contribution in [3.63, 3.8) is 0 Å². The number of carbonyl (C=O) groups is 1. The van der Waals surface area contributed by atoms with Gasteiger partial charge in [-0.15, -0.1) is 0 Å². The third-order valence-corrected chi connectivity index (χ3v) is 2.71. The fourth-order valence-electron chi connectivity index (χ4n) is 1.13. The van der Waals surface area contributed by atoms with Crippen LogP contribution in [0.25, 0.3) is 0 Å². The van der Waals surface area contributed by atoms with Crippen molar-refractivity contribution in [3.8, 4) is 0 Å². The van der Waals surface area contributed by atoms with Crippen molar-refractivity contribution in [1.82, 2.24) is 15.1 Å². The first-order valence-electron chi connectivity index (χ1n) is 4.62. The minimum absolute atomic E-state index is 0.0390. The van der Waals surface area contributed by atoms with Gasteiger partial charge in [-0.05, 0) is 29.0 Å². The van der Waals surface area contributed by atoms with Crippen molar-refractivity contribution in [2.24, 2.45) is 7.05 Å². The highest BCUT2D eigenvalue weighted by atomic mass is 127. The number of carbonyl (C=O) groups excluding carboxylic acids is 1. The summed E-state index contributed by atoms with van der Waals surface area (Å²) >= 11 is 2.11. The number of unbranched alkanes of at least 4 members (excludes halogenated alkanes) is 1. The number of rotatable bonds is 4. The lowest BCUT2D eigenvalue weighted by molar-refractivity contribution is 0.0943. The summed E-state index contributed by atoms with van der Waals surface area (Å²) in [5, 5.41) is 6.88. The number of halogens is 1. The van der Waals surface area contributed by atoms with Crippen LogP contribution in [-0.4, -0.2) is 22.2 Å². The molecule has 1 amide bonds. The molecule has 1 heterocycles. The van der Waals surface area contributed by atoms with Crippen LogP contribution in [0.5, 0.6) is 0 Å². The van der Waals surface area contributed by atoms with Crippen molar-refractivity contribution >= 4 is 28.5 Å². The molecule has 0 unspecified atom stereocenters. The molecule has 78 valence electrons. The summed E-state index contributed by atoms with van der Waals surface area (Å²) in [7, 11) is 1.77. The quantitative estimate of drug-likeness (QED) is 0.678. The molecule has 0 bridgehead atoms.